The summed E-state index contributed by atoms with van der Waals surface area (Å²) in [6.45, 7) is 2.91. The Kier molecular flexibility index (Phi) is 2.63. The molecule has 2 aliphatic rings. The molecular weight excluding hydrogens is 234 g/mol. The topological polar surface area (TPSA) is 52.6 Å². The average Bonchev–Trinajstić information content (AvgIpc) is 2.06. The van der Waals surface area contributed by atoms with Crippen LogP contribution < -0.4 is 0 Å². The van der Waals surface area contributed by atoms with Gasteiger partial charge in [0.05, 0.1) is 0 Å². The molecule has 17 heavy (non-hydrogen) atoms. The molecule has 0 aromatic heterocycles. The first-order valence-electron chi connectivity index (χ1n) is 5.52. The third kappa shape index (κ3) is 2.56. The first kappa shape index (κ1) is 12.3. The number of carbonyl (C=O) groups excluding carboxylic acids is 2. The third-order valence-electron chi connectivity index (χ3n) is 3.01. The van der Waals surface area contributed by atoms with Crippen LogP contribution in [-0.4, -0.2) is 23.6 Å². The molecule has 0 unspecified atom stereocenters. The van der Waals surface area contributed by atoms with Crippen LogP contribution in [0.25, 0.3) is 0 Å². The largest absolute Gasteiger partial charge is 0.422 e. The van der Waals surface area contributed by atoms with Gasteiger partial charge in [-0.05, 0) is 12.3 Å². The van der Waals surface area contributed by atoms with Crippen molar-refractivity contribution < 1.29 is 27.8 Å². The Morgan fingerprint density at radius 3 is 2.06 bits per heavy atom. The fourth-order valence-electron chi connectivity index (χ4n) is 2.22. The molecule has 2 rings (SSSR count). The van der Waals surface area contributed by atoms with Crippen molar-refractivity contribution in [1.82, 2.24) is 0 Å². The van der Waals surface area contributed by atoms with Crippen molar-refractivity contribution in [3.63, 3.8) is 0 Å². The van der Waals surface area contributed by atoms with E-state index >= 15 is 0 Å². The van der Waals surface area contributed by atoms with E-state index in [1.165, 1.54) is 13.8 Å². The summed E-state index contributed by atoms with van der Waals surface area (Å²) in [5, 5.41) is 0. The number of hydrogen-bond acceptors (Lipinski definition) is 4. The lowest BCUT2D eigenvalue weighted by molar-refractivity contribution is -0.242. The van der Waals surface area contributed by atoms with E-state index in [1.54, 1.807) is 0 Å². The zero-order chi connectivity index (χ0) is 12.8. The molecule has 0 N–H and O–H groups in total. The second-order valence-corrected chi connectivity index (χ2v) is 5.16. The van der Waals surface area contributed by atoms with E-state index < -0.39 is 29.6 Å². The second kappa shape index (κ2) is 3.65. The number of ether oxygens (including phenoxy) is 2. The van der Waals surface area contributed by atoms with Gasteiger partial charge in [-0.3, -0.25) is 9.59 Å². The minimum atomic E-state index is -2.65. The number of cyclic esters (lactones) is 2. The van der Waals surface area contributed by atoms with E-state index in [-0.39, 0.29) is 25.2 Å². The van der Waals surface area contributed by atoms with Gasteiger partial charge < -0.3 is 9.47 Å². The summed E-state index contributed by atoms with van der Waals surface area (Å²) in [6, 6.07) is 0. The lowest BCUT2D eigenvalue weighted by atomic mass is 9.76. The van der Waals surface area contributed by atoms with Gasteiger partial charge in [0.15, 0.2) is 5.92 Å². The summed E-state index contributed by atoms with van der Waals surface area (Å²) in [4.78, 5) is 23.1. The number of esters is 2. The summed E-state index contributed by atoms with van der Waals surface area (Å²) < 4.78 is 35.1. The van der Waals surface area contributed by atoms with Crippen LogP contribution in [0.15, 0.2) is 0 Å². The molecule has 0 aromatic carbocycles. The minimum absolute atomic E-state index is 0.0866. The monoisotopic (exact) mass is 248 g/mol. The number of hydrogen-bond donors (Lipinski definition) is 0. The molecule has 0 atom stereocenters. The van der Waals surface area contributed by atoms with Crippen LogP contribution in [0.1, 0.15) is 33.1 Å². The van der Waals surface area contributed by atoms with Gasteiger partial charge in [-0.1, -0.05) is 0 Å². The Bertz CT molecular complexity index is 336. The van der Waals surface area contributed by atoms with E-state index in [1.807, 2.05) is 0 Å². The molecule has 0 bridgehead atoms. The lowest BCUT2D eigenvalue weighted by Crippen LogP contribution is -2.48. The van der Waals surface area contributed by atoms with Crippen LogP contribution in [0.5, 0.6) is 0 Å². The molecule has 96 valence electrons. The molecule has 2 fully saturated rings. The van der Waals surface area contributed by atoms with Gasteiger partial charge >= 0.3 is 11.9 Å². The predicted molar refractivity (Wildman–Crippen MR) is 52.0 cm³/mol. The highest BCUT2D eigenvalue weighted by molar-refractivity contribution is 5.96. The first-order chi connectivity index (χ1) is 7.69. The van der Waals surface area contributed by atoms with Crippen molar-refractivity contribution in [3.8, 4) is 0 Å². The van der Waals surface area contributed by atoms with Crippen molar-refractivity contribution in [1.29, 1.82) is 0 Å². The molecule has 1 heterocycles. The van der Waals surface area contributed by atoms with Gasteiger partial charge in [0, 0.05) is 26.7 Å². The number of halogens is 2. The molecule has 6 heteroatoms. The van der Waals surface area contributed by atoms with E-state index in [4.69, 9.17) is 9.47 Å². The van der Waals surface area contributed by atoms with Crippen LogP contribution in [0.3, 0.4) is 0 Å². The zero-order valence-corrected chi connectivity index (χ0v) is 9.66. The van der Waals surface area contributed by atoms with Crippen molar-refractivity contribution >= 4 is 11.9 Å². The quantitative estimate of drug-likeness (QED) is 0.553. The summed E-state index contributed by atoms with van der Waals surface area (Å²) in [5.74, 6) is -6.62. The van der Waals surface area contributed by atoms with Crippen molar-refractivity contribution in [2.75, 3.05) is 0 Å². The number of rotatable bonds is 2. The number of carbonyl (C=O) groups is 2. The Labute approximate surface area is 97.3 Å². The standard InChI is InChI=1S/C11H14F2O4/c1-10(2)16-8(14)7(9(15)17-10)3-6-4-11(12,13)5-6/h6-7H,3-5H2,1-2H3. The van der Waals surface area contributed by atoms with Gasteiger partial charge in [0.1, 0.15) is 0 Å². The van der Waals surface area contributed by atoms with Crippen LogP contribution in [0.4, 0.5) is 8.78 Å². The summed E-state index contributed by atoms with van der Waals surface area (Å²) in [7, 11) is 0. The third-order valence-corrected chi connectivity index (χ3v) is 3.01. The molecule has 0 amide bonds. The fourth-order valence-corrected chi connectivity index (χ4v) is 2.22. The van der Waals surface area contributed by atoms with Crippen LogP contribution in [0.2, 0.25) is 0 Å². The van der Waals surface area contributed by atoms with Crippen LogP contribution >= 0.6 is 0 Å². The van der Waals surface area contributed by atoms with Crippen LogP contribution in [-0.2, 0) is 19.1 Å². The summed E-state index contributed by atoms with van der Waals surface area (Å²) in [5.41, 5.74) is 0. The smallest absolute Gasteiger partial charge is 0.323 e. The van der Waals surface area contributed by atoms with Gasteiger partial charge in [-0.15, -0.1) is 0 Å². The highest BCUT2D eigenvalue weighted by Crippen LogP contribution is 2.46. The lowest BCUT2D eigenvalue weighted by Gasteiger charge is -2.38. The minimum Gasteiger partial charge on any atom is -0.422 e. The molecular formula is C11H14F2O4. The SMILES string of the molecule is CC1(C)OC(=O)C(CC2CC(F)(F)C2)C(=O)O1. The zero-order valence-electron chi connectivity index (χ0n) is 9.66. The molecule has 4 nitrogen and oxygen atoms in total. The van der Waals surface area contributed by atoms with E-state index in [9.17, 15) is 18.4 Å². The first-order valence-corrected chi connectivity index (χ1v) is 5.52. The van der Waals surface area contributed by atoms with Gasteiger partial charge in [-0.2, -0.15) is 0 Å². The van der Waals surface area contributed by atoms with E-state index in [0.717, 1.165) is 0 Å². The van der Waals surface area contributed by atoms with Crippen molar-refractivity contribution in [2.45, 2.75) is 44.8 Å². The summed E-state index contributed by atoms with van der Waals surface area (Å²) in [6.07, 6.45) is -0.454. The maximum Gasteiger partial charge on any atom is 0.323 e. The average molecular weight is 248 g/mol. The number of alkyl halides is 2. The van der Waals surface area contributed by atoms with Gasteiger partial charge in [0.2, 0.25) is 5.92 Å². The molecule has 0 radical (unpaired) electrons. The molecule has 1 saturated heterocycles. The Morgan fingerprint density at radius 2 is 1.65 bits per heavy atom. The molecule has 1 aliphatic carbocycles. The normalized spacial score (nSPS) is 28.2. The maximum absolute atomic E-state index is 12.6. The molecule has 0 aromatic rings. The Hall–Kier alpha value is -1.20. The van der Waals surface area contributed by atoms with Crippen molar-refractivity contribution in [2.24, 2.45) is 11.8 Å². The molecule has 1 aliphatic heterocycles. The second-order valence-electron chi connectivity index (χ2n) is 5.16. The summed E-state index contributed by atoms with van der Waals surface area (Å²) >= 11 is 0. The molecule has 1 saturated carbocycles. The maximum atomic E-state index is 12.6. The Balaban J connectivity index is 1.94. The van der Waals surface area contributed by atoms with E-state index in [2.05, 4.69) is 0 Å². The molecule has 0 spiro atoms. The fraction of sp³-hybridized carbons (Fsp3) is 0.818. The van der Waals surface area contributed by atoms with Crippen LogP contribution in [0, 0.1) is 11.8 Å². The highest BCUT2D eigenvalue weighted by Gasteiger charge is 2.50. The van der Waals surface area contributed by atoms with Gasteiger partial charge in [-0.25, -0.2) is 8.78 Å². The van der Waals surface area contributed by atoms with Gasteiger partial charge in [0.25, 0.3) is 5.79 Å². The van der Waals surface area contributed by atoms with E-state index in [0.29, 0.717) is 0 Å². The highest BCUT2D eigenvalue weighted by atomic mass is 19.3. The van der Waals surface area contributed by atoms with Crippen molar-refractivity contribution in [3.05, 3.63) is 0 Å². The Morgan fingerprint density at radius 1 is 1.18 bits per heavy atom. The predicted octanol–water partition coefficient (Wildman–Crippen LogP) is 1.87.